The number of hydrogen-bond acceptors (Lipinski definition) is 2. The maximum Gasteiger partial charge on any atom is 0.0706 e. The van der Waals surface area contributed by atoms with Crippen molar-refractivity contribution >= 4 is 35.1 Å². The lowest BCUT2D eigenvalue weighted by molar-refractivity contribution is 1.33. The van der Waals surface area contributed by atoms with Gasteiger partial charge in [0.25, 0.3) is 0 Å². The topological polar surface area (TPSA) is 0 Å². The Hall–Kier alpha value is -0.570. The Bertz CT molecular complexity index is 518. The van der Waals surface area contributed by atoms with Crippen LogP contribution in [0.2, 0.25) is 5.02 Å². The molecular weight excluding hydrogens is 280 g/mol. The molecule has 0 aliphatic heterocycles. The van der Waals surface area contributed by atoms with Crippen LogP contribution >= 0.6 is 35.1 Å². The van der Waals surface area contributed by atoms with Gasteiger partial charge in [-0.25, -0.2) is 0 Å². The molecule has 0 radical (unpaired) electrons. The lowest BCUT2D eigenvalue weighted by atomic mass is 10.4. The smallest absolute Gasteiger partial charge is 0.0706 e. The molecule has 0 unspecified atom stereocenters. The minimum atomic E-state index is 0.342. The molecule has 1 aliphatic carbocycles. The first-order valence-corrected chi connectivity index (χ1v) is 7.96. The van der Waals surface area contributed by atoms with Crippen molar-refractivity contribution < 1.29 is 0 Å². The lowest BCUT2D eigenvalue weighted by Gasteiger charge is -2.14. The maximum absolute atomic E-state index is 5.91. The summed E-state index contributed by atoms with van der Waals surface area (Å²) in [5.41, 5.74) is 0. The monoisotopic (exact) mass is 292 g/mol. The average molecular weight is 293 g/mol. The minimum Gasteiger partial charge on any atom is -0.108 e. The fourth-order valence-corrected chi connectivity index (χ4v) is 4.65. The van der Waals surface area contributed by atoms with Gasteiger partial charge in [-0.05, 0) is 49.2 Å². The van der Waals surface area contributed by atoms with E-state index in [-0.39, 0.29) is 0 Å². The van der Waals surface area contributed by atoms with Crippen LogP contribution < -0.4 is 0 Å². The van der Waals surface area contributed by atoms with E-state index in [1.54, 1.807) is 0 Å². The van der Waals surface area contributed by atoms with Crippen LogP contribution in [0, 0.1) is 0 Å². The lowest BCUT2D eigenvalue weighted by Crippen LogP contribution is -1.94. The molecular formula is C15H13ClS2. The molecule has 0 bridgehead atoms. The predicted molar refractivity (Wildman–Crippen MR) is 81.6 cm³/mol. The van der Waals surface area contributed by atoms with Crippen molar-refractivity contribution in [2.45, 2.75) is 26.7 Å². The fourth-order valence-electron chi connectivity index (χ4n) is 1.75. The molecule has 2 aromatic carbocycles. The first kappa shape index (κ1) is 12.5. The second-order valence-corrected chi connectivity index (χ2v) is 7.99. The predicted octanol–water partition coefficient (Wildman–Crippen LogP) is 5.71. The van der Waals surface area contributed by atoms with Gasteiger partial charge >= 0.3 is 0 Å². The summed E-state index contributed by atoms with van der Waals surface area (Å²) in [6.07, 6.45) is 2.56. The molecule has 0 N–H and O–H groups in total. The van der Waals surface area contributed by atoms with E-state index in [1.165, 1.54) is 22.6 Å². The Morgan fingerprint density at radius 3 is 1.89 bits per heavy atom. The summed E-state index contributed by atoms with van der Waals surface area (Å²) in [5.74, 6) is 0. The molecule has 1 saturated carbocycles. The highest BCUT2D eigenvalue weighted by atomic mass is 35.5. The number of halogens is 1. The van der Waals surface area contributed by atoms with Crippen LogP contribution in [0.3, 0.4) is 0 Å². The van der Waals surface area contributed by atoms with Gasteiger partial charge in [-0.2, -0.15) is 0 Å². The SMILES string of the molecule is Clc1ccc(SC2(Sc3ccccc3)CC2)cc1. The summed E-state index contributed by atoms with van der Waals surface area (Å²) in [5, 5.41) is 0.805. The number of benzene rings is 2. The zero-order valence-electron chi connectivity index (χ0n) is 9.80. The molecule has 2 aromatic rings. The van der Waals surface area contributed by atoms with Crippen LogP contribution in [-0.2, 0) is 0 Å². The van der Waals surface area contributed by atoms with E-state index in [0.29, 0.717) is 4.08 Å². The van der Waals surface area contributed by atoms with Crippen LogP contribution in [0.5, 0.6) is 0 Å². The Morgan fingerprint density at radius 1 is 0.778 bits per heavy atom. The Morgan fingerprint density at radius 2 is 1.33 bits per heavy atom. The van der Waals surface area contributed by atoms with Crippen LogP contribution in [-0.4, -0.2) is 4.08 Å². The standard InChI is InChI=1S/C15H13ClS2/c16-12-6-8-14(9-7-12)18-15(10-11-15)17-13-4-2-1-3-5-13/h1-9H,10-11H2. The van der Waals surface area contributed by atoms with E-state index in [2.05, 4.69) is 42.5 Å². The summed E-state index contributed by atoms with van der Waals surface area (Å²) in [7, 11) is 0. The van der Waals surface area contributed by atoms with Gasteiger partial charge < -0.3 is 0 Å². The summed E-state index contributed by atoms with van der Waals surface area (Å²) in [6.45, 7) is 0. The van der Waals surface area contributed by atoms with E-state index >= 15 is 0 Å². The van der Waals surface area contributed by atoms with Crippen LogP contribution in [0.25, 0.3) is 0 Å². The summed E-state index contributed by atoms with van der Waals surface area (Å²) >= 11 is 9.86. The number of rotatable bonds is 4. The fraction of sp³-hybridized carbons (Fsp3) is 0.200. The van der Waals surface area contributed by atoms with E-state index in [1.807, 2.05) is 35.7 Å². The van der Waals surface area contributed by atoms with Gasteiger partial charge in [0.05, 0.1) is 4.08 Å². The second-order valence-electron chi connectivity index (χ2n) is 4.38. The van der Waals surface area contributed by atoms with E-state index in [9.17, 15) is 0 Å². The number of hydrogen-bond donors (Lipinski definition) is 0. The third-order valence-corrected chi connectivity index (χ3v) is 6.15. The van der Waals surface area contributed by atoms with Gasteiger partial charge in [0, 0.05) is 14.8 Å². The molecule has 3 heteroatoms. The van der Waals surface area contributed by atoms with E-state index in [0.717, 1.165) is 5.02 Å². The first-order chi connectivity index (χ1) is 8.76. The van der Waals surface area contributed by atoms with Crippen molar-refractivity contribution in [1.29, 1.82) is 0 Å². The molecule has 0 amide bonds. The van der Waals surface area contributed by atoms with Crippen LogP contribution in [0.15, 0.2) is 64.4 Å². The van der Waals surface area contributed by atoms with E-state index in [4.69, 9.17) is 11.6 Å². The maximum atomic E-state index is 5.91. The van der Waals surface area contributed by atoms with Crippen molar-refractivity contribution in [1.82, 2.24) is 0 Å². The van der Waals surface area contributed by atoms with Crippen molar-refractivity contribution in [3.05, 3.63) is 59.6 Å². The largest absolute Gasteiger partial charge is 0.108 e. The normalized spacial score (nSPS) is 16.5. The Balaban J connectivity index is 1.70. The molecule has 3 rings (SSSR count). The van der Waals surface area contributed by atoms with Crippen molar-refractivity contribution in [3.63, 3.8) is 0 Å². The molecule has 1 aliphatic rings. The molecule has 18 heavy (non-hydrogen) atoms. The average Bonchev–Trinajstić information content (AvgIpc) is 3.13. The Kier molecular flexibility index (Phi) is 3.60. The highest BCUT2D eigenvalue weighted by Crippen LogP contribution is 2.61. The third kappa shape index (κ3) is 3.05. The van der Waals surface area contributed by atoms with Gasteiger partial charge in [0.2, 0.25) is 0 Å². The first-order valence-electron chi connectivity index (χ1n) is 5.94. The highest BCUT2D eigenvalue weighted by molar-refractivity contribution is 8.18. The second kappa shape index (κ2) is 5.20. The zero-order chi connectivity index (χ0) is 12.4. The zero-order valence-corrected chi connectivity index (χ0v) is 12.2. The molecule has 0 spiro atoms. The van der Waals surface area contributed by atoms with Gasteiger partial charge in [-0.3, -0.25) is 0 Å². The van der Waals surface area contributed by atoms with Crippen molar-refractivity contribution in [3.8, 4) is 0 Å². The summed E-state index contributed by atoms with van der Waals surface area (Å²) in [6, 6.07) is 18.8. The molecule has 0 nitrogen and oxygen atoms in total. The van der Waals surface area contributed by atoms with Gasteiger partial charge in [0.15, 0.2) is 0 Å². The minimum absolute atomic E-state index is 0.342. The third-order valence-electron chi connectivity index (χ3n) is 2.82. The summed E-state index contributed by atoms with van der Waals surface area (Å²) in [4.78, 5) is 2.66. The summed E-state index contributed by atoms with van der Waals surface area (Å²) < 4.78 is 0.342. The quantitative estimate of drug-likeness (QED) is 0.662. The highest BCUT2D eigenvalue weighted by Gasteiger charge is 2.44. The van der Waals surface area contributed by atoms with Gasteiger partial charge in [-0.15, -0.1) is 23.5 Å². The van der Waals surface area contributed by atoms with Crippen molar-refractivity contribution in [2.75, 3.05) is 0 Å². The molecule has 0 aromatic heterocycles. The number of thioether (sulfide) groups is 2. The molecule has 0 heterocycles. The molecule has 92 valence electrons. The van der Waals surface area contributed by atoms with Gasteiger partial charge in [0.1, 0.15) is 0 Å². The molecule has 0 atom stereocenters. The molecule has 1 fully saturated rings. The Labute approximate surface area is 121 Å². The molecule has 0 saturated heterocycles. The van der Waals surface area contributed by atoms with Gasteiger partial charge in [-0.1, -0.05) is 29.8 Å². The van der Waals surface area contributed by atoms with Crippen LogP contribution in [0.1, 0.15) is 12.8 Å². The van der Waals surface area contributed by atoms with E-state index < -0.39 is 0 Å². The van der Waals surface area contributed by atoms with Crippen molar-refractivity contribution in [2.24, 2.45) is 0 Å². The van der Waals surface area contributed by atoms with Crippen LogP contribution in [0.4, 0.5) is 0 Å².